The van der Waals surface area contributed by atoms with Crippen molar-refractivity contribution in [3.63, 3.8) is 0 Å². The molecule has 0 amide bonds. The molecule has 0 atom stereocenters. The Morgan fingerprint density at radius 3 is 2.07 bits per heavy atom. The van der Waals surface area contributed by atoms with Crippen LogP contribution in [-0.2, 0) is 4.74 Å². The second-order valence-electron chi connectivity index (χ2n) is 6.65. The average Bonchev–Trinajstić information content (AvgIpc) is 3.00. The van der Waals surface area contributed by atoms with Crippen molar-refractivity contribution in [2.24, 2.45) is 0 Å². The van der Waals surface area contributed by atoms with E-state index in [4.69, 9.17) is 18.9 Å². The molecule has 0 aliphatic heterocycles. The molecule has 2 rings (SSSR count). The third-order valence-electron chi connectivity index (χ3n) is 5.04. The number of benzene rings is 1. The second kappa shape index (κ2) is 10.1. The number of ether oxygens (including phenoxy) is 4. The first-order chi connectivity index (χ1) is 13.5. The summed E-state index contributed by atoms with van der Waals surface area (Å²) in [6, 6.07) is 3.96. The van der Waals surface area contributed by atoms with E-state index in [1.807, 2.05) is 12.1 Å². The molecule has 0 aromatic heterocycles. The number of hydrogen-bond donors (Lipinski definition) is 0. The molecular weight excluding hydrogens is 352 g/mol. The van der Waals surface area contributed by atoms with Crippen molar-refractivity contribution in [1.29, 1.82) is 0 Å². The molecule has 1 aromatic rings. The summed E-state index contributed by atoms with van der Waals surface area (Å²) in [6.07, 6.45) is 9.30. The monoisotopic (exact) mass is 384 g/mol. The third kappa shape index (κ3) is 4.61. The quantitative estimate of drug-likeness (QED) is 0.508. The van der Waals surface area contributed by atoms with Gasteiger partial charge in [0.1, 0.15) is 5.76 Å². The van der Waals surface area contributed by atoms with Crippen LogP contribution in [0.25, 0.3) is 6.08 Å². The van der Waals surface area contributed by atoms with E-state index in [-0.39, 0.29) is 0 Å². The third-order valence-corrected chi connectivity index (χ3v) is 5.04. The lowest BCUT2D eigenvalue weighted by molar-refractivity contribution is 0.305. The van der Waals surface area contributed by atoms with Gasteiger partial charge in [0.05, 0.1) is 28.4 Å². The van der Waals surface area contributed by atoms with Gasteiger partial charge in [0.2, 0.25) is 5.75 Å². The summed E-state index contributed by atoms with van der Waals surface area (Å²) in [5.74, 6) is 2.85. The molecule has 0 fully saturated rings. The molecule has 0 unspecified atom stereocenters. The normalized spacial score (nSPS) is 17.5. The molecule has 0 spiro atoms. The van der Waals surface area contributed by atoms with E-state index in [0.29, 0.717) is 17.2 Å². The van der Waals surface area contributed by atoms with Crippen LogP contribution in [0.1, 0.15) is 45.6 Å². The molecule has 0 heterocycles. The van der Waals surface area contributed by atoms with E-state index in [1.54, 1.807) is 28.4 Å². The standard InChI is InChI=1S/C24H32O4/c1-8-10-20(25-4)15-19-14-18(16(3)21(19)9-2)11-17-12-22(26-5)24(28-7)23(13-17)27-6/h10-13,15H,8-9,14H2,1-7H3/b18-11+,19-15+,20-10+. The highest BCUT2D eigenvalue weighted by Gasteiger charge is 2.21. The zero-order valence-electron chi connectivity index (χ0n) is 18.1. The molecule has 0 radical (unpaired) electrons. The van der Waals surface area contributed by atoms with Crippen LogP contribution in [0.15, 0.2) is 52.3 Å². The predicted molar refractivity (Wildman–Crippen MR) is 115 cm³/mol. The van der Waals surface area contributed by atoms with Crippen molar-refractivity contribution < 1.29 is 18.9 Å². The molecule has 1 aliphatic carbocycles. The minimum atomic E-state index is 0.607. The Kier molecular flexibility index (Phi) is 7.80. The van der Waals surface area contributed by atoms with Crippen LogP contribution in [0.2, 0.25) is 0 Å². The molecule has 0 bridgehead atoms. The Balaban J connectivity index is 2.49. The van der Waals surface area contributed by atoms with Gasteiger partial charge >= 0.3 is 0 Å². The summed E-state index contributed by atoms with van der Waals surface area (Å²) in [5, 5.41) is 0. The first-order valence-electron chi connectivity index (χ1n) is 9.68. The second-order valence-corrected chi connectivity index (χ2v) is 6.65. The number of allylic oxidation sites excluding steroid dienone is 6. The lowest BCUT2D eigenvalue weighted by Crippen LogP contribution is -1.95. The van der Waals surface area contributed by atoms with Gasteiger partial charge in [0, 0.05) is 0 Å². The van der Waals surface area contributed by atoms with Gasteiger partial charge in [0.15, 0.2) is 11.5 Å². The first kappa shape index (κ1) is 21.7. The molecule has 1 aromatic carbocycles. The maximum atomic E-state index is 5.52. The van der Waals surface area contributed by atoms with E-state index in [0.717, 1.165) is 30.6 Å². The van der Waals surface area contributed by atoms with Crippen molar-refractivity contribution in [3.05, 3.63) is 57.9 Å². The summed E-state index contributed by atoms with van der Waals surface area (Å²) in [6.45, 7) is 6.51. The van der Waals surface area contributed by atoms with Crippen LogP contribution >= 0.6 is 0 Å². The maximum absolute atomic E-state index is 5.52. The Morgan fingerprint density at radius 2 is 1.61 bits per heavy atom. The maximum Gasteiger partial charge on any atom is 0.203 e. The fraction of sp³-hybridized carbons (Fsp3) is 0.417. The summed E-state index contributed by atoms with van der Waals surface area (Å²) < 4.78 is 21.9. The Bertz CT molecular complexity index is 800. The van der Waals surface area contributed by atoms with Gasteiger partial charge in [-0.3, -0.25) is 0 Å². The van der Waals surface area contributed by atoms with Crippen molar-refractivity contribution in [3.8, 4) is 17.2 Å². The van der Waals surface area contributed by atoms with Crippen LogP contribution in [0.4, 0.5) is 0 Å². The summed E-state index contributed by atoms with van der Waals surface area (Å²) >= 11 is 0. The minimum Gasteiger partial charge on any atom is -0.497 e. The van der Waals surface area contributed by atoms with Gasteiger partial charge in [-0.15, -0.1) is 0 Å². The van der Waals surface area contributed by atoms with Gasteiger partial charge in [-0.05, 0) is 78.3 Å². The zero-order chi connectivity index (χ0) is 20.7. The highest BCUT2D eigenvalue weighted by molar-refractivity contribution is 5.69. The molecule has 1 aliphatic rings. The van der Waals surface area contributed by atoms with E-state index in [1.165, 1.54) is 22.3 Å². The van der Waals surface area contributed by atoms with Gasteiger partial charge in [0.25, 0.3) is 0 Å². The largest absolute Gasteiger partial charge is 0.497 e. The van der Waals surface area contributed by atoms with Crippen LogP contribution in [0, 0.1) is 0 Å². The molecule has 4 nitrogen and oxygen atoms in total. The van der Waals surface area contributed by atoms with Crippen molar-refractivity contribution in [1.82, 2.24) is 0 Å². The Hall–Kier alpha value is -2.62. The first-order valence-corrected chi connectivity index (χ1v) is 9.68. The molecule has 0 N–H and O–H groups in total. The molecule has 152 valence electrons. The average molecular weight is 385 g/mol. The highest BCUT2D eigenvalue weighted by atomic mass is 16.5. The van der Waals surface area contributed by atoms with Crippen LogP contribution in [0.5, 0.6) is 17.2 Å². The lowest BCUT2D eigenvalue weighted by atomic mass is 10.0. The lowest BCUT2D eigenvalue weighted by Gasteiger charge is -2.13. The SMILES string of the molecule is CC/C=C(\C=C1/C/C(=C\c2cc(OC)c(OC)c(OC)c2)C(C)=C1CC)OC. The van der Waals surface area contributed by atoms with Gasteiger partial charge in [-0.25, -0.2) is 0 Å². The fourth-order valence-electron chi connectivity index (χ4n) is 3.63. The molecule has 0 saturated heterocycles. The van der Waals surface area contributed by atoms with Gasteiger partial charge < -0.3 is 18.9 Å². The molecule has 0 saturated carbocycles. The number of rotatable bonds is 8. The van der Waals surface area contributed by atoms with E-state index in [2.05, 4.69) is 39.0 Å². The zero-order valence-corrected chi connectivity index (χ0v) is 18.1. The molecule has 4 heteroatoms. The summed E-state index contributed by atoms with van der Waals surface area (Å²) in [4.78, 5) is 0. The van der Waals surface area contributed by atoms with Crippen LogP contribution in [0.3, 0.4) is 0 Å². The van der Waals surface area contributed by atoms with E-state index in [9.17, 15) is 0 Å². The van der Waals surface area contributed by atoms with Gasteiger partial charge in [-0.1, -0.05) is 19.9 Å². The van der Waals surface area contributed by atoms with Crippen molar-refractivity contribution >= 4 is 6.08 Å². The summed E-state index contributed by atoms with van der Waals surface area (Å²) in [7, 11) is 6.61. The molecule has 28 heavy (non-hydrogen) atoms. The predicted octanol–water partition coefficient (Wildman–Crippen LogP) is 6.09. The Morgan fingerprint density at radius 1 is 0.964 bits per heavy atom. The van der Waals surface area contributed by atoms with Crippen LogP contribution < -0.4 is 14.2 Å². The van der Waals surface area contributed by atoms with E-state index < -0.39 is 0 Å². The van der Waals surface area contributed by atoms with E-state index >= 15 is 0 Å². The molecular formula is C24H32O4. The fourth-order valence-corrected chi connectivity index (χ4v) is 3.63. The topological polar surface area (TPSA) is 36.9 Å². The van der Waals surface area contributed by atoms with Gasteiger partial charge in [-0.2, -0.15) is 0 Å². The van der Waals surface area contributed by atoms with Crippen molar-refractivity contribution in [2.75, 3.05) is 28.4 Å². The van der Waals surface area contributed by atoms with Crippen LogP contribution in [-0.4, -0.2) is 28.4 Å². The highest BCUT2D eigenvalue weighted by Crippen LogP contribution is 2.42. The van der Waals surface area contributed by atoms with Crippen molar-refractivity contribution in [2.45, 2.75) is 40.0 Å². The smallest absolute Gasteiger partial charge is 0.203 e. The Labute approximate surface area is 169 Å². The minimum absolute atomic E-state index is 0.607. The number of hydrogen-bond acceptors (Lipinski definition) is 4. The number of methoxy groups -OCH3 is 4. The summed E-state index contributed by atoms with van der Waals surface area (Å²) in [5.41, 5.74) is 6.35.